The summed E-state index contributed by atoms with van der Waals surface area (Å²) in [5, 5.41) is 2.82. The molecule has 0 aliphatic heterocycles. The topological polar surface area (TPSA) is 58.1 Å². The number of nitrogens with one attached hydrogen (secondary N) is 1. The number of carbonyl (C=O) groups excluding carboxylic acids is 1. The standard InChI is InChI=1S/C15H17BrN4O/c1-3-20(4-2)14-6-5-12(10-18-14)19-15(21)11-7-8-17-13(16)9-11/h5-10H,3-4H2,1-2H3,(H,19,21). The van der Waals surface area contributed by atoms with Crippen LogP contribution in [0.3, 0.4) is 0 Å². The Morgan fingerprint density at radius 1 is 1.24 bits per heavy atom. The second-order valence-corrected chi connectivity index (χ2v) is 5.21. The van der Waals surface area contributed by atoms with Crippen molar-refractivity contribution in [1.29, 1.82) is 0 Å². The largest absolute Gasteiger partial charge is 0.357 e. The Labute approximate surface area is 132 Å². The maximum atomic E-state index is 12.1. The zero-order valence-electron chi connectivity index (χ0n) is 12.0. The molecule has 110 valence electrons. The number of aromatic nitrogens is 2. The van der Waals surface area contributed by atoms with Crippen molar-refractivity contribution in [1.82, 2.24) is 9.97 Å². The third kappa shape index (κ3) is 4.01. The molecule has 0 atom stereocenters. The summed E-state index contributed by atoms with van der Waals surface area (Å²) in [6, 6.07) is 7.10. The number of amides is 1. The number of pyridine rings is 2. The second-order valence-electron chi connectivity index (χ2n) is 4.40. The highest BCUT2D eigenvalue weighted by Crippen LogP contribution is 2.15. The predicted octanol–water partition coefficient (Wildman–Crippen LogP) is 3.34. The van der Waals surface area contributed by atoms with Gasteiger partial charge in [-0.2, -0.15) is 0 Å². The van der Waals surface area contributed by atoms with E-state index in [1.165, 1.54) is 0 Å². The lowest BCUT2D eigenvalue weighted by Gasteiger charge is -2.19. The van der Waals surface area contributed by atoms with Crippen molar-refractivity contribution in [3.63, 3.8) is 0 Å². The Hall–Kier alpha value is -1.95. The van der Waals surface area contributed by atoms with Crippen LogP contribution in [-0.4, -0.2) is 29.0 Å². The highest BCUT2D eigenvalue weighted by Gasteiger charge is 2.08. The van der Waals surface area contributed by atoms with E-state index in [1.807, 2.05) is 12.1 Å². The van der Waals surface area contributed by atoms with E-state index in [4.69, 9.17) is 0 Å². The van der Waals surface area contributed by atoms with Gasteiger partial charge in [-0.15, -0.1) is 0 Å². The van der Waals surface area contributed by atoms with Crippen LogP contribution in [0.4, 0.5) is 11.5 Å². The van der Waals surface area contributed by atoms with E-state index in [0.717, 1.165) is 18.9 Å². The molecular weight excluding hydrogens is 332 g/mol. The van der Waals surface area contributed by atoms with Crippen LogP contribution >= 0.6 is 15.9 Å². The molecule has 0 aromatic carbocycles. The molecule has 2 aromatic heterocycles. The Bertz CT molecular complexity index is 611. The van der Waals surface area contributed by atoms with Gasteiger partial charge in [0.2, 0.25) is 0 Å². The van der Waals surface area contributed by atoms with Crippen LogP contribution in [0.1, 0.15) is 24.2 Å². The maximum absolute atomic E-state index is 12.1. The molecule has 0 fully saturated rings. The predicted molar refractivity (Wildman–Crippen MR) is 87.7 cm³/mol. The Morgan fingerprint density at radius 3 is 2.57 bits per heavy atom. The third-order valence-electron chi connectivity index (χ3n) is 3.08. The molecule has 0 aliphatic carbocycles. The summed E-state index contributed by atoms with van der Waals surface area (Å²) < 4.78 is 0.630. The number of rotatable bonds is 5. The van der Waals surface area contributed by atoms with Crippen LogP contribution in [0.5, 0.6) is 0 Å². The van der Waals surface area contributed by atoms with Gasteiger partial charge in [0.05, 0.1) is 11.9 Å². The van der Waals surface area contributed by atoms with Crippen molar-refractivity contribution in [3.8, 4) is 0 Å². The molecule has 0 radical (unpaired) electrons. The van der Waals surface area contributed by atoms with Gasteiger partial charge in [-0.3, -0.25) is 4.79 Å². The summed E-state index contributed by atoms with van der Waals surface area (Å²) in [6.45, 7) is 5.98. The van der Waals surface area contributed by atoms with Gasteiger partial charge >= 0.3 is 0 Å². The van der Waals surface area contributed by atoms with Crippen LogP contribution in [0, 0.1) is 0 Å². The van der Waals surface area contributed by atoms with Crippen LogP contribution in [0.15, 0.2) is 41.3 Å². The van der Waals surface area contributed by atoms with Gasteiger partial charge in [0.25, 0.3) is 5.91 Å². The van der Waals surface area contributed by atoms with Gasteiger partial charge in [0.1, 0.15) is 10.4 Å². The fourth-order valence-corrected chi connectivity index (χ4v) is 2.31. The summed E-state index contributed by atoms with van der Waals surface area (Å²) >= 11 is 3.25. The van der Waals surface area contributed by atoms with Crippen LogP contribution in [0.2, 0.25) is 0 Å². The minimum absolute atomic E-state index is 0.185. The Morgan fingerprint density at radius 2 is 2.00 bits per heavy atom. The SMILES string of the molecule is CCN(CC)c1ccc(NC(=O)c2ccnc(Br)c2)cn1. The highest BCUT2D eigenvalue weighted by molar-refractivity contribution is 9.10. The lowest BCUT2D eigenvalue weighted by atomic mass is 10.2. The molecule has 0 saturated carbocycles. The first-order valence-corrected chi connectivity index (χ1v) is 7.57. The molecule has 0 bridgehead atoms. The number of nitrogens with zero attached hydrogens (tertiary/aromatic N) is 3. The number of carbonyl (C=O) groups is 1. The number of hydrogen-bond acceptors (Lipinski definition) is 4. The second kappa shape index (κ2) is 7.17. The first-order chi connectivity index (χ1) is 10.1. The summed E-state index contributed by atoms with van der Waals surface area (Å²) in [5.41, 5.74) is 1.22. The molecule has 2 heterocycles. The van der Waals surface area contributed by atoms with E-state index in [9.17, 15) is 4.79 Å². The molecule has 0 spiro atoms. The van der Waals surface area contributed by atoms with Gasteiger partial charge < -0.3 is 10.2 Å². The Kier molecular flexibility index (Phi) is 5.27. The van der Waals surface area contributed by atoms with Crippen LogP contribution in [-0.2, 0) is 0 Å². The molecule has 0 unspecified atom stereocenters. The van der Waals surface area contributed by atoms with Gasteiger partial charge in [-0.25, -0.2) is 9.97 Å². The van der Waals surface area contributed by atoms with E-state index in [0.29, 0.717) is 15.9 Å². The lowest BCUT2D eigenvalue weighted by Crippen LogP contribution is -2.22. The van der Waals surface area contributed by atoms with E-state index >= 15 is 0 Å². The summed E-state index contributed by atoms with van der Waals surface area (Å²) in [7, 11) is 0. The molecule has 1 amide bonds. The van der Waals surface area contributed by atoms with Gasteiger partial charge in [0, 0.05) is 24.8 Å². The number of anilines is 2. The summed E-state index contributed by atoms with van der Waals surface area (Å²) in [6.07, 6.45) is 3.25. The van der Waals surface area contributed by atoms with Crippen molar-refractivity contribution in [2.24, 2.45) is 0 Å². The summed E-state index contributed by atoms with van der Waals surface area (Å²) in [5.74, 6) is 0.722. The monoisotopic (exact) mass is 348 g/mol. The van der Waals surface area contributed by atoms with Crippen LogP contribution < -0.4 is 10.2 Å². The molecule has 0 aliphatic rings. The first kappa shape index (κ1) is 15.4. The molecule has 2 aromatic rings. The van der Waals surface area contributed by atoms with E-state index in [1.54, 1.807) is 24.5 Å². The fraction of sp³-hybridized carbons (Fsp3) is 0.267. The molecular formula is C15H17BrN4O. The molecule has 0 saturated heterocycles. The minimum Gasteiger partial charge on any atom is -0.357 e. The maximum Gasteiger partial charge on any atom is 0.255 e. The van der Waals surface area contributed by atoms with Crippen molar-refractivity contribution < 1.29 is 4.79 Å². The lowest BCUT2D eigenvalue weighted by molar-refractivity contribution is 0.102. The van der Waals surface area contributed by atoms with E-state index < -0.39 is 0 Å². The first-order valence-electron chi connectivity index (χ1n) is 6.78. The Balaban J connectivity index is 2.08. The molecule has 6 heteroatoms. The average molecular weight is 349 g/mol. The average Bonchev–Trinajstić information content (AvgIpc) is 2.50. The van der Waals surface area contributed by atoms with Gasteiger partial charge in [0.15, 0.2) is 0 Å². The fourth-order valence-electron chi connectivity index (χ4n) is 1.94. The quantitative estimate of drug-likeness (QED) is 0.842. The highest BCUT2D eigenvalue weighted by atomic mass is 79.9. The van der Waals surface area contributed by atoms with E-state index in [2.05, 4.69) is 50.0 Å². The zero-order chi connectivity index (χ0) is 15.2. The normalized spacial score (nSPS) is 10.2. The molecule has 1 N–H and O–H groups in total. The smallest absolute Gasteiger partial charge is 0.255 e. The molecule has 2 rings (SSSR count). The summed E-state index contributed by atoms with van der Waals surface area (Å²) in [4.78, 5) is 22.6. The van der Waals surface area contributed by atoms with Crippen LogP contribution in [0.25, 0.3) is 0 Å². The number of halogens is 1. The molecule has 21 heavy (non-hydrogen) atoms. The van der Waals surface area contributed by atoms with Crippen molar-refractivity contribution in [3.05, 3.63) is 46.8 Å². The van der Waals surface area contributed by atoms with E-state index in [-0.39, 0.29) is 5.91 Å². The van der Waals surface area contributed by atoms with Crippen molar-refractivity contribution >= 4 is 33.3 Å². The van der Waals surface area contributed by atoms with Crippen molar-refractivity contribution in [2.75, 3.05) is 23.3 Å². The minimum atomic E-state index is -0.185. The third-order valence-corrected chi connectivity index (χ3v) is 3.52. The zero-order valence-corrected chi connectivity index (χ0v) is 13.6. The van der Waals surface area contributed by atoms with Gasteiger partial charge in [-0.1, -0.05) is 0 Å². The van der Waals surface area contributed by atoms with Gasteiger partial charge in [-0.05, 0) is 54.0 Å². The number of hydrogen-bond donors (Lipinski definition) is 1. The molecule has 5 nitrogen and oxygen atoms in total. The van der Waals surface area contributed by atoms with Crippen molar-refractivity contribution in [2.45, 2.75) is 13.8 Å².